The van der Waals surface area contributed by atoms with Crippen molar-refractivity contribution in [1.29, 1.82) is 5.41 Å². The third-order valence-electron chi connectivity index (χ3n) is 4.80. The van der Waals surface area contributed by atoms with E-state index in [0.29, 0.717) is 11.3 Å². The van der Waals surface area contributed by atoms with Crippen LogP contribution in [0.2, 0.25) is 0 Å². The molecular formula is C21H18N4O2. The largest absolute Gasteiger partial charge is 0.311 e. The zero-order chi connectivity index (χ0) is 19.1. The first-order chi connectivity index (χ1) is 13.0. The predicted octanol–water partition coefficient (Wildman–Crippen LogP) is 3.01. The second-order valence-corrected chi connectivity index (χ2v) is 6.42. The van der Waals surface area contributed by atoms with Crippen molar-refractivity contribution < 1.29 is 9.59 Å². The fourth-order valence-electron chi connectivity index (χ4n) is 3.27. The number of nitrogens with zero attached hydrogens (tertiary/aromatic N) is 3. The summed E-state index contributed by atoms with van der Waals surface area (Å²) in [6.45, 7) is 0. The average molecular weight is 358 g/mol. The Hall–Kier alpha value is -3.67. The summed E-state index contributed by atoms with van der Waals surface area (Å²) in [5, 5.41) is 8.84. The lowest BCUT2D eigenvalue weighted by molar-refractivity contribution is -0.121. The number of hydrogen-bond acceptors (Lipinski definition) is 3. The molecule has 1 aliphatic heterocycles. The summed E-state index contributed by atoms with van der Waals surface area (Å²) in [7, 11) is 3.26. The molecule has 1 aliphatic rings. The Kier molecular flexibility index (Phi) is 3.88. The monoisotopic (exact) mass is 358 g/mol. The van der Waals surface area contributed by atoms with Gasteiger partial charge in [-0.15, -0.1) is 0 Å². The number of para-hydroxylation sites is 1. The van der Waals surface area contributed by atoms with Crippen molar-refractivity contribution in [1.82, 2.24) is 14.4 Å². The van der Waals surface area contributed by atoms with Gasteiger partial charge in [0.15, 0.2) is 0 Å². The molecule has 2 heterocycles. The summed E-state index contributed by atoms with van der Waals surface area (Å²) >= 11 is 0. The van der Waals surface area contributed by atoms with E-state index in [0.717, 1.165) is 16.5 Å². The molecule has 0 aliphatic carbocycles. The van der Waals surface area contributed by atoms with Crippen molar-refractivity contribution in [2.24, 2.45) is 0 Å². The molecule has 6 heteroatoms. The fraction of sp³-hybridized carbons (Fsp3) is 0.0952. The van der Waals surface area contributed by atoms with Gasteiger partial charge in [0.1, 0.15) is 5.70 Å². The van der Waals surface area contributed by atoms with Gasteiger partial charge in [0.05, 0.1) is 5.52 Å². The molecule has 2 aromatic carbocycles. The van der Waals surface area contributed by atoms with Crippen LogP contribution in [0.15, 0.2) is 66.5 Å². The van der Waals surface area contributed by atoms with Gasteiger partial charge in [0.2, 0.25) is 5.96 Å². The standard InChI is InChI=1S/C21H18N4O2/c1-23-18(20(27)24(2)21(23)22)12-15-13-25(17-11-7-6-10-16(15)17)19(26)14-8-4-3-5-9-14/h3-13,22H,1-2H3/b18-12+,22-21?. The van der Waals surface area contributed by atoms with Crippen LogP contribution < -0.4 is 0 Å². The molecule has 0 bridgehead atoms. The summed E-state index contributed by atoms with van der Waals surface area (Å²) in [4.78, 5) is 28.2. The highest BCUT2D eigenvalue weighted by Crippen LogP contribution is 2.27. The van der Waals surface area contributed by atoms with E-state index >= 15 is 0 Å². The molecule has 1 aromatic heterocycles. The van der Waals surface area contributed by atoms with Gasteiger partial charge in [-0.05, 0) is 24.3 Å². The number of fused-ring (bicyclic) bond motifs is 1. The van der Waals surface area contributed by atoms with Gasteiger partial charge in [-0.1, -0.05) is 36.4 Å². The quantitative estimate of drug-likeness (QED) is 0.716. The average Bonchev–Trinajstić information content (AvgIpc) is 3.16. The molecule has 0 atom stereocenters. The first-order valence-corrected chi connectivity index (χ1v) is 8.51. The lowest BCUT2D eigenvalue weighted by Crippen LogP contribution is -2.27. The number of rotatable bonds is 2. The molecule has 134 valence electrons. The molecule has 3 aromatic rings. The molecule has 0 radical (unpaired) electrons. The van der Waals surface area contributed by atoms with E-state index in [1.807, 2.05) is 42.5 Å². The summed E-state index contributed by atoms with van der Waals surface area (Å²) in [6.07, 6.45) is 3.48. The minimum atomic E-state index is -0.242. The first kappa shape index (κ1) is 16.8. The van der Waals surface area contributed by atoms with Gasteiger partial charge in [-0.25, -0.2) is 0 Å². The number of carbonyl (C=O) groups is 2. The minimum absolute atomic E-state index is 0.121. The number of likely N-dealkylation sites (N-methyl/N-ethyl adjacent to an activating group) is 2. The molecule has 1 N–H and O–H groups in total. The van der Waals surface area contributed by atoms with E-state index in [4.69, 9.17) is 5.41 Å². The Balaban J connectivity index is 1.87. The minimum Gasteiger partial charge on any atom is -0.311 e. The molecule has 27 heavy (non-hydrogen) atoms. The maximum atomic E-state index is 13.0. The summed E-state index contributed by atoms with van der Waals surface area (Å²) in [5.74, 6) is -0.253. The van der Waals surface area contributed by atoms with Crippen molar-refractivity contribution in [2.45, 2.75) is 0 Å². The number of hydrogen-bond donors (Lipinski definition) is 1. The smallest absolute Gasteiger partial charge is 0.277 e. The van der Waals surface area contributed by atoms with E-state index in [-0.39, 0.29) is 17.8 Å². The maximum Gasteiger partial charge on any atom is 0.277 e. The normalized spacial score (nSPS) is 16.0. The number of aromatic nitrogens is 1. The van der Waals surface area contributed by atoms with E-state index in [9.17, 15) is 9.59 Å². The number of amides is 1. The summed E-state index contributed by atoms with van der Waals surface area (Å²) in [6, 6.07) is 16.7. The van der Waals surface area contributed by atoms with E-state index < -0.39 is 0 Å². The summed E-state index contributed by atoms with van der Waals surface area (Å²) < 4.78 is 1.60. The van der Waals surface area contributed by atoms with Crippen LogP contribution in [0.5, 0.6) is 0 Å². The van der Waals surface area contributed by atoms with Crippen LogP contribution in [-0.4, -0.2) is 46.2 Å². The maximum absolute atomic E-state index is 13.0. The Bertz CT molecular complexity index is 1110. The Labute approximate surface area is 156 Å². The number of nitrogens with one attached hydrogen (secondary N) is 1. The van der Waals surface area contributed by atoms with E-state index in [1.54, 1.807) is 43.1 Å². The van der Waals surface area contributed by atoms with Crippen LogP contribution in [0.4, 0.5) is 0 Å². The highest BCUT2D eigenvalue weighted by molar-refractivity contribution is 6.15. The molecule has 0 saturated carbocycles. The lowest BCUT2D eigenvalue weighted by atomic mass is 10.1. The molecule has 1 amide bonds. The van der Waals surface area contributed by atoms with Crippen molar-refractivity contribution in [3.63, 3.8) is 0 Å². The molecule has 1 saturated heterocycles. The van der Waals surface area contributed by atoms with Crippen LogP contribution in [0.25, 0.3) is 17.0 Å². The first-order valence-electron chi connectivity index (χ1n) is 8.51. The second kappa shape index (κ2) is 6.25. The van der Waals surface area contributed by atoms with Gasteiger partial charge in [-0.2, -0.15) is 0 Å². The Morgan fingerprint density at radius 1 is 0.963 bits per heavy atom. The van der Waals surface area contributed by atoms with Gasteiger partial charge in [-0.3, -0.25) is 24.5 Å². The molecular weight excluding hydrogens is 340 g/mol. The third kappa shape index (κ3) is 2.62. The van der Waals surface area contributed by atoms with Crippen LogP contribution in [0, 0.1) is 5.41 Å². The highest BCUT2D eigenvalue weighted by atomic mass is 16.2. The zero-order valence-corrected chi connectivity index (χ0v) is 15.0. The van der Waals surface area contributed by atoms with Crippen molar-refractivity contribution in [3.05, 3.63) is 77.6 Å². The molecule has 0 unspecified atom stereocenters. The third-order valence-corrected chi connectivity index (χ3v) is 4.80. The fourth-order valence-corrected chi connectivity index (χ4v) is 3.27. The second-order valence-electron chi connectivity index (χ2n) is 6.42. The van der Waals surface area contributed by atoms with Gasteiger partial charge >= 0.3 is 0 Å². The Morgan fingerprint density at radius 2 is 1.63 bits per heavy atom. The number of carbonyl (C=O) groups excluding carboxylic acids is 2. The predicted molar refractivity (Wildman–Crippen MR) is 104 cm³/mol. The summed E-state index contributed by atoms with van der Waals surface area (Å²) in [5.41, 5.74) is 2.52. The SMILES string of the molecule is CN1C(=N)N(C)/C(=C/c2cn(C(=O)c3ccccc3)c3ccccc23)C1=O. The van der Waals surface area contributed by atoms with Crippen LogP contribution >= 0.6 is 0 Å². The molecule has 0 spiro atoms. The Morgan fingerprint density at radius 3 is 2.30 bits per heavy atom. The topological polar surface area (TPSA) is 69.4 Å². The number of guanidine groups is 1. The lowest BCUT2D eigenvalue weighted by Gasteiger charge is -2.10. The van der Waals surface area contributed by atoms with Gasteiger partial charge < -0.3 is 4.90 Å². The van der Waals surface area contributed by atoms with Crippen LogP contribution in [0.1, 0.15) is 15.9 Å². The molecule has 1 fully saturated rings. The zero-order valence-electron chi connectivity index (χ0n) is 15.0. The van der Waals surface area contributed by atoms with Crippen LogP contribution in [-0.2, 0) is 4.79 Å². The van der Waals surface area contributed by atoms with Gasteiger partial charge in [0, 0.05) is 36.8 Å². The van der Waals surface area contributed by atoms with Crippen molar-refractivity contribution in [2.75, 3.05) is 14.1 Å². The molecule has 6 nitrogen and oxygen atoms in total. The highest BCUT2D eigenvalue weighted by Gasteiger charge is 2.33. The van der Waals surface area contributed by atoms with Crippen LogP contribution in [0.3, 0.4) is 0 Å². The van der Waals surface area contributed by atoms with Crippen molar-refractivity contribution >= 4 is 34.8 Å². The number of benzene rings is 2. The van der Waals surface area contributed by atoms with Gasteiger partial charge in [0.25, 0.3) is 11.8 Å². The molecule has 4 rings (SSSR count). The van der Waals surface area contributed by atoms with E-state index in [1.165, 1.54) is 9.80 Å². The van der Waals surface area contributed by atoms with Crippen molar-refractivity contribution in [3.8, 4) is 0 Å². The van der Waals surface area contributed by atoms with E-state index in [2.05, 4.69) is 0 Å².